The first kappa shape index (κ1) is 15.2. The van der Waals surface area contributed by atoms with Gasteiger partial charge in [-0.3, -0.25) is 10.1 Å². The molecule has 1 aliphatic carbocycles. The van der Waals surface area contributed by atoms with E-state index >= 15 is 0 Å². The molecule has 6 heteroatoms. The van der Waals surface area contributed by atoms with Crippen LogP contribution in [0.25, 0.3) is 0 Å². The van der Waals surface area contributed by atoms with Gasteiger partial charge in [-0.25, -0.2) is 4.79 Å². The van der Waals surface area contributed by atoms with Gasteiger partial charge in [0.1, 0.15) is 5.75 Å². The molecular formula is C15H21N3O3. The Balaban J connectivity index is 1.83. The molecule has 0 aromatic heterocycles. The van der Waals surface area contributed by atoms with E-state index in [1.165, 1.54) is 19.9 Å². The molecule has 0 radical (unpaired) electrons. The number of hydrogen-bond donors (Lipinski definition) is 3. The molecule has 1 fully saturated rings. The van der Waals surface area contributed by atoms with E-state index in [1.54, 1.807) is 0 Å². The van der Waals surface area contributed by atoms with Crippen LogP contribution in [0.3, 0.4) is 0 Å². The van der Waals surface area contributed by atoms with Crippen LogP contribution in [0.4, 0.5) is 10.5 Å². The van der Waals surface area contributed by atoms with Crippen LogP contribution in [0.1, 0.15) is 25.7 Å². The third kappa shape index (κ3) is 4.98. The molecule has 6 nitrogen and oxygen atoms in total. The predicted octanol–water partition coefficient (Wildman–Crippen LogP) is 1.88. The highest BCUT2D eigenvalue weighted by Gasteiger charge is 2.16. The fourth-order valence-electron chi connectivity index (χ4n) is 2.29. The summed E-state index contributed by atoms with van der Waals surface area (Å²) in [6.45, 7) is 0.0281. The lowest BCUT2D eigenvalue weighted by Gasteiger charge is -2.14. The van der Waals surface area contributed by atoms with E-state index in [9.17, 15) is 9.59 Å². The summed E-state index contributed by atoms with van der Waals surface area (Å²) >= 11 is 0. The maximum atomic E-state index is 11.5. The summed E-state index contributed by atoms with van der Waals surface area (Å²) in [4.78, 5) is 22.5. The Labute approximate surface area is 124 Å². The molecule has 1 aliphatic rings. The van der Waals surface area contributed by atoms with Crippen molar-refractivity contribution in [2.75, 3.05) is 18.9 Å². The van der Waals surface area contributed by atoms with Crippen molar-refractivity contribution in [1.29, 1.82) is 0 Å². The number of benzene rings is 1. The first-order valence-electron chi connectivity index (χ1n) is 7.19. The van der Waals surface area contributed by atoms with Gasteiger partial charge >= 0.3 is 6.03 Å². The molecule has 3 amide bonds. The molecular weight excluding hydrogens is 270 g/mol. The summed E-state index contributed by atoms with van der Waals surface area (Å²) in [5, 5.41) is 7.48. The Hall–Kier alpha value is -2.24. The largest absolute Gasteiger partial charge is 0.490 e. The van der Waals surface area contributed by atoms with Gasteiger partial charge in [0.15, 0.2) is 0 Å². The molecule has 0 spiro atoms. The number of carbonyl (C=O) groups excluding carboxylic acids is 2. The summed E-state index contributed by atoms with van der Waals surface area (Å²) in [7, 11) is 1.46. The van der Waals surface area contributed by atoms with Gasteiger partial charge in [0.05, 0.1) is 12.6 Å². The molecule has 0 saturated heterocycles. The van der Waals surface area contributed by atoms with Gasteiger partial charge in [0.25, 0.3) is 0 Å². The van der Waals surface area contributed by atoms with Crippen molar-refractivity contribution >= 4 is 17.6 Å². The van der Waals surface area contributed by atoms with Crippen molar-refractivity contribution in [3.8, 4) is 5.75 Å². The Morgan fingerprint density at radius 3 is 2.76 bits per heavy atom. The van der Waals surface area contributed by atoms with Crippen LogP contribution in [0.2, 0.25) is 0 Å². The summed E-state index contributed by atoms with van der Waals surface area (Å²) in [6, 6.07) is 7.00. The zero-order valence-corrected chi connectivity index (χ0v) is 12.1. The zero-order chi connectivity index (χ0) is 15.1. The van der Waals surface area contributed by atoms with Crippen LogP contribution in [0.5, 0.6) is 5.75 Å². The number of rotatable bonds is 5. The number of ether oxygens (including phenoxy) is 1. The third-order valence-corrected chi connectivity index (χ3v) is 3.37. The monoisotopic (exact) mass is 291 g/mol. The Morgan fingerprint density at radius 1 is 1.29 bits per heavy atom. The number of anilines is 1. The van der Waals surface area contributed by atoms with E-state index in [2.05, 4.69) is 16.0 Å². The van der Waals surface area contributed by atoms with Gasteiger partial charge in [0.2, 0.25) is 5.91 Å². The topological polar surface area (TPSA) is 79.5 Å². The van der Waals surface area contributed by atoms with E-state index < -0.39 is 11.9 Å². The van der Waals surface area contributed by atoms with E-state index in [-0.39, 0.29) is 6.54 Å². The van der Waals surface area contributed by atoms with Gasteiger partial charge in [-0.15, -0.1) is 0 Å². The van der Waals surface area contributed by atoms with Gasteiger partial charge < -0.3 is 15.4 Å². The lowest BCUT2D eigenvalue weighted by molar-refractivity contribution is -0.118. The van der Waals surface area contributed by atoms with Crippen LogP contribution in [0.15, 0.2) is 24.3 Å². The normalized spacial score (nSPS) is 14.5. The minimum atomic E-state index is -0.514. The molecule has 0 unspecified atom stereocenters. The molecule has 0 atom stereocenters. The van der Waals surface area contributed by atoms with Gasteiger partial charge in [-0.2, -0.15) is 0 Å². The maximum absolute atomic E-state index is 11.5. The fourth-order valence-corrected chi connectivity index (χ4v) is 2.29. The van der Waals surface area contributed by atoms with Gasteiger partial charge in [-0.05, 0) is 37.8 Å². The molecule has 3 N–H and O–H groups in total. The van der Waals surface area contributed by atoms with E-state index in [1.807, 2.05) is 24.3 Å². The number of imide groups is 1. The molecule has 1 aromatic carbocycles. The van der Waals surface area contributed by atoms with Crippen LogP contribution in [-0.4, -0.2) is 31.6 Å². The molecule has 114 valence electrons. The van der Waals surface area contributed by atoms with E-state index in [0.717, 1.165) is 24.3 Å². The molecule has 1 aromatic rings. The highest BCUT2D eigenvalue weighted by molar-refractivity contribution is 5.96. The molecule has 0 heterocycles. The average Bonchev–Trinajstić information content (AvgIpc) is 2.98. The van der Waals surface area contributed by atoms with Crippen LogP contribution in [-0.2, 0) is 4.79 Å². The lowest BCUT2D eigenvalue weighted by Crippen LogP contribution is -2.40. The van der Waals surface area contributed by atoms with Crippen molar-refractivity contribution < 1.29 is 14.3 Å². The Bertz CT molecular complexity index is 499. The maximum Gasteiger partial charge on any atom is 0.321 e. The van der Waals surface area contributed by atoms with Gasteiger partial charge in [0, 0.05) is 18.8 Å². The first-order valence-corrected chi connectivity index (χ1v) is 7.19. The van der Waals surface area contributed by atoms with Crippen LogP contribution in [0, 0.1) is 0 Å². The molecule has 21 heavy (non-hydrogen) atoms. The fraction of sp³-hybridized carbons (Fsp3) is 0.467. The lowest BCUT2D eigenvalue weighted by atomic mass is 10.2. The molecule has 0 bridgehead atoms. The predicted molar refractivity (Wildman–Crippen MR) is 80.4 cm³/mol. The second-order valence-corrected chi connectivity index (χ2v) is 5.03. The second-order valence-electron chi connectivity index (χ2n) is 5.03. The quantitative estimate of drug-likeness (QED) is 0.774. The van der Waals surface area contributed by atoms with E-state index in [4.69, 9.17) is 4.74 Å². The van der Waals surface area contributed by atoms with Crippen molar-refractivity contribution in [3.05, 3.63) is 24.3 Å². The minimum Gasteiger partial charge on any atom is -0.490 e. The summed E-state index contributed by atoms with van der Waals surface area (Å²) in [5.74, 6) is 0.412. The summed E-state index contributed by atoms with van der Waals surface area (Å²) in [6.07, 6.45) is 4.96. The standard InChI is InChI=1S/C15H21N3O3/c1-16-15(20)18-14(19)10-17-11-5-4-8-13(9-11)21-12-6-2-3-7-12/h4-5,8-9,12,17H,2-3,6-7,10H2,1H3,(H2,16,18,19,20). The Morgan fingerprint density at radius 2 is 2.05 bits per heavy atom. The highest BCUT2D eigenvalue weighted by atomic mass is 16.5. The van der Waals surface area contributed by atoms with Crippen LogP contribution >= 0.6 is 0 Å². The van der Waals surface area contributed by atoms with E-state index in [0.29, 0.717) is 6.10 Å². The van der Waals surface area contributed by atoms with Crippen molar-refractivity contribution in [2.24, 2.45) is 0 Å². The smallest absolute Gasteiger partial charge is 0.321 e. The second kappa shape index (κ2) is 7.52. The summed E-state index contributed by atoms with van der Waals surface area (Å²) < 4.78 is 5.90. The number of urea groups is 1. The first-order chi connectivity index (χ1) is 10.2. The third-order valence-electron chi connectivity index (χ3n) is 3.37. The molecule has 2 rings (SSSR count). The summed E-state index contributed by atoms with van der Waals surface area (Å²) in [5.41, 5.74) is 0.789. The average molecular weight is 291 g/mol. The van der Waals surface area contributed by atoms with Crippen molar-refractivity contribution in [1.82, 2.24) is 10.6 Å². The number of amides is 3. The number of carbonyl (C=O) groups is 2. The van der Waals surface area contributed by atoms with Crippen molar-refractivity contribution in [2.45, 2.75) is 31.8 Å². The molecule has 1 saturated carbocycles. The zero-order valence-electron chi connectivity index (χ0n) is 12.1. The van der Waals surface area contributed by atoms with Gasteiger partial charge in [-0.1, -0.05) is 6.07 Å². The van der Waals surface area contributed by atoms with Crippen LogP contribution < -0.4 is 20.7 Å². The number of hydrogen-bond acceptors (Lipinski definition) is 4. The Kier molecular flexibility index (Phi) is 5.43. The van der Waals surface area contributed by atoms with Crippen molar-refractivity contribution in [3.63, 3.8) is 0 Å². The SMILES string of the molecule is CNC(=O)NC(=O)CNc1cccc(OC2CCCC2)c1. The highest BCUT2D eigenvalue weighted by Crippen LogP contribution is 2.25. The molecule has 0 aliphatic heterocycles. The minimum absolute atomic E-state index is 0.0281. The number of nitrogens with one attached hydrogen (secondary N) is 3.